The van der Waals surface area contributed by atoms with Gasteiger partial charge in [0.15, 0.2) is 5.96 Å². The normalized spacial score (nSPS) is 19.0. The van der Waals surface area contributed by atoms with E-state index in [1.165, 1.54) is 28.5 Å². The van der Waals surface area contributed by atoms with E-state index in [0.29, 0.717) is 37.1 Å². The van der Waals surface area contributed by atoms with Crippen molar-refractivity contribution in [3.05, 3.63) is 17.0 Å². The molecular weight excluding hydrogens is 487 g/mol. The molecule has 2 fully saturated rings. The van der Waals surface area contributed by atoms with Crippen molar-refractivity contribution in [3.63, 3.8) is 0 Å². The van der Waals surface area contributed by atoms with Gasteiger partial charge in [0, 0.05) is 31.1 Å². The van der Waals surface area contributed by atoms with Crippen LogP contribution in [0.15, 0.2) is 21.3 Å². The molecule has 1 aromatic heterocycles. The lowest BCUT2D eigenvalue weighted by Crippen LogP contribution is -2.40. The molecule has 0 amide bonds. The third-order valence-corrected chi connectivity index (χ3v) is 7.63. The predicted octanol–water partition coefficient (Wildman–Crippen LogP) is 1.85. The first-order valence-corrected chi connectivity index (χ1v) is 11.0. The number of hydrogen-bond acceptors (Lipinski definition) is 5. The standard InChI is InChI=1S/C16H26N4O3S2.HI/c1-2-17-16(18-11-13-3-4-13)19-12-14-5-6-15(24-14)25(21,22)20-7-9-23-10-8-20;/h5-6,13H,2-4,7-12H2,1H3,(H2,17,18,19);1H. The van der Waals surface area contributed by atoms with Crippen LogP contribution < -0.4 is 10.6 Å². The Morgan fingerprint density at radius 2 is 2.04 bits per heavy atom. The number of morpholine rings is 1. The number of nitrogens with zero attached hydrogens (tertiary/aromatic N) is 2. The summed E-state index contributed by atoms with van der Waals surface area (Å²) in [6, 6.07) is 3.54. The Labute approximate surface area is 176 Å². The molecule has 0 aromatic carbocycles. The van der Waals surface area contributed by atoms with E-state index in [-0.39, 0.29) is 24.0 Å². The molecule has 2 aliphatic rings. The number of nitrogens with one attached hydrogen (secondary N) is 2. The summed E-state index contributed by atoms with van der Waals surface area (Å²) in [7, 11) is -3.41. The minimum Gasteiger partial charge on any atom is -0.379 e. The Kier molecular flexibility index (Phi) is 8.58. The maximum Gasteiger partial charge on any atom is 0.252 e. The van der Waals surface area contributed by atoms with Crippen LogP contribution in [0.2, 0.25) is 0 Å². The van der Waals surface area contributed by atoms with Crippen molar-refractivity contribution in [1.82, 2.24) is 14.9 Å². The summed E-state index contributed by atoms with van der Waals surface area (Å²) in [5, 5.41) is 6.57. The monoisotopic (exact) mass is 514 g/mol. The highest BCUT2D eigenvalue weighted by Gasteiger charge is 2.27. The fourth-order valence-corrected chi connectivity index (χ4v) is 5.40. The Balaban J connectivity index is 0.00000243. The Morgan fingerprint density at radius 1 is 1.31 bits per heavy atom. The number of guanidine groups is 1. The largest absolute Gasteiger partial charge is 0.379 e. The van der Waals surface area contributed by atoms with Crippen LogP contribution in [0.5, 0.6) is 0 Å². The molecule has 1 aliphatic heterocycles. The van der Waals surface area contributed by atoms with Crippen molar-refractivity contribution in [1.29, 1.82) is 0 Å². The van der Waals surface area contributed by atoms with E-state index in [4.69, 9.17) is 4.74 Å². The molecular formula is C16H27IN4O3S2. The van der Waals surface area contributed by atoms with Crippen LogP contribution in [0.1, 0.15) is 24.6 Å². The molecule has 1 saturated heterocycles. The van der Waals surface area contributed by atoms with E-state index >= 15 is 0 Å². The van der Waals surface area contributed by atoms with Gasteiger partial charge in [0.1, 0.15) is 4.21 Å². The van der Waals surface area contributed by atoms with Crippen molar-refractivity contribution in [2.45, 2.75) is 30.5 Å². The van der Waals surface area contributed by atoms with Crippen molar-refractivity contribution in [2.75, 3.05) is 39.4 Å². The van der Waals surface area contributed by atoms with Gasteiger partial charge < -0.3 is 15.4 Å². The van der Waals surface area contributed by atoms with E-state index in [9.17, 15) is 8.42 Å². The third-order valence-electron chi connectivity index (χ3n) is 4.19. The summed E-state index contributed by atoms with van der Waals surface area (Å²) in [5.74, 6) is 1.57. The highest BCUT2D eigenvalue weighted by atomic mass is 127. The van der Waals surface area contributed by atoms with Gasteiger partial charge in [0.25, 0.3) is 10.0 Å². The summed E-state index contributed by atoms with van der Waals surface area (Å²) >= 11 is 1.30. The first kappa shape index (κ1) is 21.9. The zero-order chi connectivity index (χ0) is 17.7. The van der Waals surface area contributed by atoms with Gasteiger partial charge in [-0.1, -0.05) is 0 Å². The molecule has 7 nitrogen and oxygen atoms in total. The molecule has 1 saturated carbocycles. The van der Waals surface area contributed by atoms with Crippen LogP contribution in [0.3, 0.4) is 0 Å². The lowest BCUT2D eigenvalue weighted by Gasteiger charge is -2.25. The van der Waals surface area contributed by atoms with E-state index in [1.807, 2.05) is 13.0 Å². The molecule has 0 atom stereocenters. The first-order valence-electron chi connectivity index (χ1n) is 8.78. The van der Waals surface area contributed by atoms with Gasteiger partial charge in [0.2, 0.25) is 0 Å². The molecule has 1 aromatic rings. The molecule has 0 unspecified atom stereocenters. The van der Waals surface area contributed by atoms with Crippen LogP contribution in [0, 0.1) is 5.92 Å². The summed E-state index contributed by atoms with van der Waals surface area (Å²) < 4.78 is 32.4. The van der Waals surface area contributed by atoms with Crippen molar-refractivity contribution in [2.24, 2.45) is 10.9 Å². The van der Waals surface area contributed by atoms with Crippen molar-refractivity contribution >= 4 is 51.3 Å². The second-order valence-electron chi connectivity index (χ2n) is 6.26. The molecule has 0 radical (unpaired) electrons. The summed E-state index contributed by atoms with van der Waals surface area (Å²) in [6.45, 7) is 6.02. The van der Waals surface area contributed by atoms with Crippen LogP contribution in [-0.4, -0.2) is 58.1 Å². The molecule has 3 rings (SSSR count). The van der Waals surface area contributed by atoms with Crippen LogP contribution >= 0.6 is 35.3 Å². The van der Waals surface area contributed by atoms with Gasteiger partial charge in [-0.2, -0.15) is 4.31 Å². The van der Waals surface area contributed by atoms with E-state index in [2.05, 4.69) is 15.6 Å². The van der Waals surface area contributed by atoms with Crippen LogP contribution in [-0.2, 0) is 21.3 Å². The fraction of sp³-hybridized carbons (Fsp3) is 0.688. The van der Waals surface area contributed by atoms with Gasteiger partial charge in [-0.05, 0) is 37.8 Å². The highest BCUT2D eigenvalue weighted by molar-refractivity contribution is 14.0. The van der Waals surface area contributed by atoms with Gasteiger partial charge in [-0.25, -0.2) is 13.4 Å². The molecule has 0 spiro atoms. The molecule has 0 bridgehead atoms. The number of aliphatic imine (C=N–C) groups is 1. The Hall–Kier alpha value is -0.430. The smallest absolute Gasteiger partial charge is 0.252 e. The zero-order valence-electron chi connectivity index (χ0n) is 14.9. The lowest BCUT2D eigenvalue weighted by atomic mass is 10.4. The number of halogens is 1. The molecule has 26 heavy (non-hydrogen) atoms. The summed E-state index contributed by atoms with van der Waals surface area (Å²) in [4.78, 5) is 5.51. The zero-order valence-corrected chi connectivity index (χ0v) is 18.9. The number of ether oxygens (including phenoxy) is 1. The minimum absolute atomic E-state index is 0. The number of rotatable bonds is 7. The SMILES string of the molecule is CCNC(=NCc1ccc(S(=O)(=O)N2CCOCC2)s1)NCC1CC1.I. The number of thiophene rings is 1. The van der Waals surface area contributed by atoms with Gasteiger partial charge >= 0.3 is 0 Å². The Bertz CT molecular complexity index is 698. The average molecular weight is 514 g/mol. The highest BCUT2D eigenvalue weighted by Crippen LogP contribution is 2.28. The van der Waals surface area contributed by atoms with Gasteiger partial charge in [-0.3, -0.25) is 0 Å². The average Bonchev–Trinajstić information content (AvgIpc) is 3.33. The predicted molar refractivity (Wildman–Crippen MR) is 115 cm³/mol. The van der Waals surface area contributed by atoms with Crippen LogP contribution in [0.25, 0.3) is 0 Å². The van der Waals surface area contributed by atoms with Gasteiger partial charge in [-0.15, -0.1) is 35.3 Å². The van der Waals surface area contributed by atoms with Crippen molar-refractivity contribution in [3.8, 4) is 0 Å². The van der Waals surface area contributed by atoms with E-state index in [0.717, 1.165) is 29.8 Å². The summed E-state index contributed by atoms with van der Waals surface area (Å²) in [5.41, 5.74) is 0. The first-order chi connectivity index (χ1) is 12.1. The molecule has 2 N–H and O–H groups in total. The minimum atomic E-state index is -3.41. The van der Waals surface area contributed by atoms with Crippen LogP contribution in [0.4, 0.5) is 0 Å². The van der Waals surface area contributed by atoms with Gasteiger partial charge in [0.05, 0.1) is 19.8 Å². The number of hydrogen-bond donors (Lipinski definition) is 2. The molecule has 10 heteroatoms. The second kappa shape index (κ2) is 10.2. The Morgan fingerprint density at radius 3 is 2.69 bits per heavy atom. The number of sulfonamides is 1. The quantitative estimate of drug-likeness (QED) is 0.330. The maximum atomic E-state index is 12.6. The van der Waals surface area contributed by atoms with E-state index in [1.54, 1.807) is 6.07 Å². The lowest BCUT2D eigenvalue weighted by molar-refractivity contribution is 0.0731. The molecule has 2 heterocycles. The van der Waals surface area contributed by atoms with E-state index < -0.39 is 10.0 Å². The fourth-order valence-electron chi connectivity index (χ4n) is 2.56. The molecule has 148 valence electrons. The second-order valence-corrected chi connectivity index (χ2v) is 9.59. The third kappa shape index (κ3) is 6.04. The topological polar surface area (TPSA) is 83.0 Å². The maximum absolute atomic E-state index is 12.6. The van der Waals surface area contributed by atoms with Crippen molar-refractivity contribution < 1.29 is 13.2 Å². The summed E-state index contributed by atoms with van der Waals surface area (Å²) in [6.07, 6.45) is 2.58. The molecule has 1 aliphatic carbocycles.